The van der Waals surface area contributed by atoms with E-state index in [4.69, 9.17) is 9.26 Å². The van der Waals surface area contributed by atoms with E-state index in [1.807, 2.05) is 31.2 Å². The van der Waals surface area contributed by atoms with Crippen molar-refractivity contribution in [3.05, 3.63) is 41.5 Å². The van der Waals surface area contributed by atoms with Crippen LogP contribution in [0.15, 0.2) is 28.8 Å². The fourth-order valence-corrected chi connectivity index (χ4v) is 2.58. The van der Waals surface area contributed by atoms with Crippen LogP contribution in [0.25, 0.3) is 0 Å². The monoisotopic (exact) mass is 274 g/mol. The van der Waals surface area contributed by atoms with Crippen molar-refractivity contribution in [1.29, 1.82) is 0 Å². The van der Waals surface area contributed by atoms with Gasteiger partial charge >= 0.3 is 0 Å². The first-order valence-electron chi connectivity index (χ1n) is 6.95. The molecular formula is C15H18N2O3. The Bertz CT molecular complexity index is 569. The first-order chi connectivity index (χ1) is 9.69. The van der Waals surface area contributed by atoms with Crippen LogP contribution in [0.3, 0.4) is 0 Å². The number of fused-ring (bicyclic) bond motifs is 1. The fraction of sp³-hybridized carbons (Fsp3) is 0.467. The van der Waals surface area contributed by atoms with E-state index < -0.39 is 6.10 Å². The number of hydrogen-bond donors (Lipinski definition) is 1. The fourth-order valence-electron chi connectivity index (χ4n) is 2.58. The lowest BCUT2D eigenvalue weighted by Crippen LogP contribution is -2.14. The van der Waals surface area contributed by atoms with Gasteiger partial charge in [-0.1, -0.05) is 30.3 Å². The summed E-state index contributed by atoms with van der Waals surface area (Å²) in [6.07, 6.45) is 0.803. The smallest absolute Gasteiger partial charge is 0.232 e. The van der Waals surface area contributed by atoms with Gasteiger partial charge < -0.3 is 14.4 Å². The van der Waals surface area contributed by atoms with E-state index in [9.17, 15) is 5.11 Å². The summed E-state index contributed by atoms with van der Waals surface area (Å²) in [4.78, 5) is 4.40. The Hall–Kier alpha value is -1.88. The normalized spacial score (nSPS) is 20.2. The largest absolute Gasteiger partial charge is 0.482 e. The topological polar surface area (TPSA) is 68.4 Å². The Kier molecular flexibility index (Phi) is 3.44. The van der Waals surface area contributed by atoms with Crippen LogP contribution < -0.4 is 4.74 Å². The third kappa shape index (κ3) is 2.29. The minimum absolute atomic E-state index is 0.125. The molecule has 3 rings (SSSR count). The van der Waals surface area contributed by atoms with Crippen LogP contribution in [0.4, 0.5) is 0 Å². The number of aromatic nitrogens is 2. The van der Waals surface area contributed by atoms with Gasteiger partial charge in [0.2, 0.25) is 11.7 Å². The van der Waals surface area contributed by atoms with Crippen LogP contribution in [0.5, 0.6) is 5.75 Å². The quantitative estimate of drug-likeness (QED) is 0.928. The van der Waals surface area contributed by atoms with Gasteiger partial charge in [-0.2, -0.15) is 4.98 Å². The summed E-state index contributed by atoms with van der Waals surface area (Å²) >= 11 is 0. The second-order valence-electron chi connectivity index (χ2n) is 5.16. The maximum Gasteiger partial charge on any atom is 0.232 e. The Morgan fingerprint density at radius 1 is 1.40 bits per heavy atom. The average molecular weight is 274 g/mol. The zero-order chi connectivity index (χ0) is 14.1. The highest BCUT2D eigenvalue weighted by Crippen LogP contribution is 2.35. The number of benzene rings is 1. The number of ether oxygens (including phenoxy) is 1. The molecule has 20 heavy (non-hydrogen) atoms. The van der Waals surface area contributed by atoms with E-state index in [-0.39, 0.29) is 12.0 Å². The molecule has 1 aliphatic rings. The molecule has 1 aromatic heterocycles. The van der Waals surface area contributed by atoms with Crippen molar-refractivity contribution >= 4 is 0 Å². The van der Waals surface area contributed by atoms with Crippen LogP contribution in [-0.4, -0.2) is 21.4 Å². The lowest BCUT2D eigenvalue weighted by molar-refractivity contribution is 0.141. The first kappa shape index (κ1) is 13.1. The van der Waals surface area contributed by atoms with Gasteiger partial charge in [-0.15, -0.1) is 0 Å². The first-order valence-corrected chi connectivity index (χ1v) is 6.95. The molecule has 0 fully saturated rings. The Morgan fingerprint density at radius 2 is 2.20 bits per heavy atom. The minimum atomic E-state index is -0.505. The summed E-state index contributed by atoms with van der Waals surface area (Å²) in [6.45, 7) is 3.73. The van der Waals surface area contributed by atoms with Crippen molar-refractivity contribution in [2.24, 2.45) is 0 Å². The molecule has 0 amide bonds. The van der Waals surface area contributed by atoms with Crippen LogP contribution in [-0.2, 0) is 6.42 Å². The van der Waals surface area contributed by atoms with Crippen molar-refractivity contribution in [2.75, 3.05) is 0 Å². The van der Waals surface area contributed by atoms with Gasteiger partial charge in [0.1, 0.15) is 5.75 Å². The summed E-state index contributed by atoms with van der Waals surface area (Å²) in [5, 5.41) is 13.7. The number of rotatable bonds is 4. The second kappa shape index (κ2) is 5.25. The Balaban J connectivity index is 1.79. The number of aliphatic hydroxyl groups is 1. The van der Waals surface area contributed by atoms with Gasteiger partial charge in [0.15, 0.2) is 6.10 Å². The highest BCUT2D eigenvalue weighted by atomic mass is 16.5. The number of para-hydroxylation sites is 1. The highest BCUT2D eigenvalue weighted by Gasteiger charge is 2.30. The highest BCUT2D eigenvalue weighted by molar-refractivity contribution is 5.37. The van der Waals surface area contributed by atoms with Gasteiger partial charge in [-0.25, -0.2) is 0 Å². The van der Waals surface area contributed by atoms with Gasteiger partial charge in [0.25, 0.3) is 0 Å². The molecule has 3 atom stereocenters. The van der Waals surface area contributed by atoms with Crippen molar-refractivity contribution in [2.45, 2.75) is 44.8 Å². The van der Waals surface area contributed by atoms with Crippen LogP contribution in [0, 0.1) is 0 Å². The maximum atomic E-state index is 9.72. The summed E-state index contributed by atoms with van der Waals surface area (Å²) in [5.41, 5.74) is 1.16. The third-order valence-electron chi connectivity index (χ3n) is 3.73. The van der Waals surface area contributed by atoms with Gasteiger partial charge in [0.05, 0.1) is 12.0 Å². The lowest BCUT2D eigenvalue weighted by Gasteiger charge is -2.12. The number of nitrogens with zero attached hydrogens (tertiary/aromatic N) is 2. The predicted molar refractivity (Wildman–Crippen MR) is 72.5 cm³/mol. The SMILES string of the molecule is CCC(c1nc(C2Cc3ccccc3O2)no1)C(C)O. The summed E-state index contributed by atoms with van der Waals surface area (Å²) in [6, 6.07) is 7.93. The standard InChI is InChI=1S/C15H18N2O3/c1-3-11(9(2)18)15-16-14(17-20-15)13-8-10-6-4-5-7-12(10)19-13/h4-7,9,11,13,18H,3,8H2,1-2H3. The Morgan fingerprint density at radius 3 is 2.90 bits per heavy atom. The number of hydrogen-bond acceptors (Lipinski definition) is 5. The van der Waals surface area contributed by atoms with Crippen LogP contribution in [0.2, 0.25) is 0 Å². The van der Waals surface area contributed by atoms with E-state index >= 15 is 0 Å². The summed E-state index contributed by atoms with van der Waals surface area (Å²) < 4.78 is 11.1. The van der Waals surface area contributed by atoms with Crippen LogP contribution in [0.1, 0.15) is 49.6 Å². The van der Waals surface area contributed by atoms with Crippen molar-refractivity contribution in [3.8, 4) is 5.75 Å². The predicted octanol–water partition coefficient (Wildman–Crippen LogP) is 2.62. The maximum absolute atomic E-state index is 9.72. The van der Waals surface area contributed by atoms with Crippen molar-refractivity contribution < 1.29 is 14.4 Å². The summed E-state index contributed by atoms with van der Waals surface area (Å²) in [5.74, 6) is 1.79. The van der Waals surface area contributed by atoms with E-state index in [0.717, 1.165) is 24.2 Å². The molecule has 2 aromatic rings. The molecule has 5 nitrogen and oxygen atoms in total. The molecule has 0 radical (unpaired) electrons. The summed E-state index contributed by atoms with van der Waals surface area (Å²) in [7, 11) is 0. The van der Waals surface area contributed by atoms with Gasteiger partial charge in [0, 0.05) is 6.42 Å². The molecule has 1 aromatic carbocycles. The lowest BCUT2D eigenvalue weighted by atomic mass is 10.0. The molecular weight excluding hydrogens is 256 g/mol. The molecule has 1 aliphatic heterocycles. The molecule has 0 saturated heterocycles. The van der Waals surface area contributed by atoms with Crippen LogP contribution >= 0.6 is 0 Å². The zero-order valence-corrected chi connectivity index (χ0v) is 11.6. The third-order valence-corrected chi connectivity index (χ3v) is 3.73. The van der Waals surface area contributed by atoms with Crippen molar-refractivity contribution in [1.82, 2.24) is 10.1 Å². The molecule has 0 saturated carbocycles. The molecule has 1 N–H and O–H groups in total. The van der Waals surface area contributed by atoms with E-state index in [0.29, 0.717) is 11.7 Å². The minimum Gasteiger partial charge on any atom is -0.482 e. The second-order valence-corrected chi connectivity index (χ2v) is 5.16. The van der Waals surface area contributed by atoms with Gasteiger partial charge in [-0.05, 0) is 25.0 Å². The average Bonchev–Trinajstić information content (AvgIpc) is 3.04. The van der Waals surface area contributed by atoms with E-state index in [2.05, 4.69) is 10.1 Å². The molecule has 3 unspecified atom stereocenters. The molecule has 0 bridgehead atoms. The van der Waals surface area contributed by atoms with E-state index in [1.165, 1.54) is 0 Å². The van der Waals surface area contributed by atoms with E-state index in [1.54, 1.807) is 6.92 Å². The molecule has 0 aliphatic carbocycles. The molecule has 5 heteroatoms. The molecule has 106 valence electrons. The Labute approximate surface area is 117 Å². The van der Waals surface area contributed by atoms with Crippen molar-refractivity contribution in [3.63, 3.8) is 0 Å². The van der Waals surface area contributed by atoms with Gasteiger partial charge in [-0.3, -0.25) is 0 Å². The zero-order valence-electron chi connectivity index (χ0n) is 11.6. The molecule has 0 spiro atoms. The number of aliphatic hydroxyl groups excluding tert-OH is 1. The molecule has 2 heterocycles.